The first-order valence-electron chi connectivity index (χ1n) is 9.38. The van der Waals surface area contributed by atoms with Crippen LogP contribution in [0.15, 0.2) is 12.3 Å². The molecule has 1 aliphatic rings. The van der Waals surface area contributed by atoms with Crippen molar-refractivity contribution in [3.8, 4) is 0 Å². The van der Waals surface area contributed by atoms with Gasteiger partial charge in [-0.3, -0.25) is 0 Å². The zero-order valence-corrected chi connectivity index (χ0v) is 15.7. The van der Waals surface area contributed by atoms with Crippen LogP contribution in [0.3, 0.4) is 0 Å². The lowest BCUT2D eigenvalue weighted by Crippen LogP contribution is -2.33. The Labute approximate surface area is 150 Å². The Kier molecular flexibility index (Phi) is 5.37. The third-order valence-electron chi connectivity index (χ3n) is 4.71. The summed E-state index contributed by atoms with van der Waals surface area (Å²) in [7, 11) is 0. The minimum atomic E-state index is 0.296. The number of rotatable bonds is 5. The highest BCUT2D eigenvalue weighted by atomic mass is 15.1. The average molecular weight is 342 g/mol. The molecule has 0 aliphatic heterocycles. The van der Waals surface area contributed by atoms with Crippen molar-refractivity contribution in [2.24, 2.45) is 5.73 Å². The van der Waals surface area contributed by atoms with E-state index in [0.717, 1.165) is 48.1 Å². The molecule has 2 heterocycles. The molecule has 0 atom stereocenters. The van der Waals surface area contributed by atoms with Crippen molar-refractivity contribution in [3.63, 3.8) is 0 Å². The van der Waals surface area contributed by atoms with E-state index >= 15 is 0 Å². The van der Waals surface area contributed by atoms with Gasteiger partial charge in [-0.2, -0.15) is 0 Å². The van der Waals surface area contributed by atoms with Gasteiger partial charge in [-0.25, -0.2) is 15.0 Å². The van der Waals surface area contributed by atoms with E-state index in [2.05, 4.69) is 49.4 Å². The van der Waals surface area contributed by atoms with E-state index in [1.165, 1.54) is 0 Å². The predicted octanol–water partition coefficient (Wildman–Crippen LogP) is 3.65. The highest BCUT2D eigenvalue weighted by molar-refractivity contribution is 5.89. The molecule has 2 aromatic heterocycles. The molecule has 6 heteroatoms. The number of fused-ring (bicyclic) bond motifs is 1. The van der Waals surface area contributed by atoms with E-state index in [9.17, 15) is 0 Å². The standard InChI is InChI=1S/C19H30N6/c1-11(2)16-9-13-10-21-19(23-15-7-5-14(20)6-8-15)25-17(13)18(24-16)22-12(3)4/h9-12,14-15H,5-8,20H2,1-4H3,(H,22,24)(H,21,23,25). The molecule has 1 fully saturated rings. The van der Waals surface area contributed by atoms with Crippen LogP contribution in [-0.2, 0) is 0 Å². The van der Waals surface area contributed by atoms with Crippen LogP contribution in [0.4, 0.5) is 11.8 Å². The highest BCUT2D eigenvalue weighted by Crippen LogP contribution is 2.26. The second-order valence-electron chi connectivity index (χ2n) is 7.74. The van der Waals surface area contributed by atoms with Gasteiger partial charge in [0.2, 0.25) is 5.95 Å². The summed E-state index contributed by atoms with van der Waals surface area (Å²) in [5, 5.41) is 7.94. The fraction of sp³-hybridized carbons (Fsp3) is 0.632. The number of hydrogen-bond acceptors (Lipinski definition) is 6. The van der Waals surface area contributed by atoms with Crippen LogP contribution in [0, 0.1) is 0 Å². The van der Waals surface area contributed by atoms with Crippen molar-refractivity contribution in [2.75, 3.05) is 10.6 Å². The predicted molar refractivity (Wildman–Crippen MR) is 104 cm³/mol. The van der Waals surface area contributed by atoms with Crippen LogP contribution in [0.25, 0.3) is 10.9 Å². The first-order chi connectivity index (χ1) is 11.9. The van der Waals surface area contributed by atoms with Crippen molar-refractivity contribution < 1.29 is 0 Å². The molecular weight excluding hydrogens is 312 g/mol. The monoisotopic (exact) mass is 342 g/mol. The second-order valence-corrected chi connectivity index (χ2v) is 7.74. The average Bonchev–Trinajstić information content (AvgIpc) is 2.56. The van der Waals surface area contributed by atoms with E-state index in [4.69, 9.17) is 15.7 Å². The molecule has 0 bridgehead atoms. The number of nitrogens with two attached hydrogens (primary N) is 1. The van der Waals surface area contributed by atoms with Crippen molar-refractivity contribution in [1.82, 2.24) is 15.0 Å². The Morgan fingerprint density at radius 1 is 1.08 bits per heavy atom. The number of anilines is 2. The van der Waals surface area contributed by atoms with Gasteiger partial charge in [-0.05, 0) is 51.5 Å². The lowest BCUT2D eigenvalue weighted by Gasteiger charge is -2.26. The molecule has 6 nitrogen and oxygen atoms in total. The van der Waals surface area contributed by atoms with Gasteiger partial charge < -0.3 is 16.4 Å². The van der Waals surface area contributed by atoms with Gasteiger partial charge in [0.1, 0.15) is 5.52 Å². The van der Waals surface area contributed by atoms with Gasteiger partial charge in [-0.15, -0.1) is 0 Å². The molecular formula is C19H30N6. The van der Waals surface area contributed by atoms with Crippen LogP contribution < -0.4 is 16.4 Å². The molecule has 1 saturated carbocycles. The number of nitrogens with one attached hydrogen (secondary N) is 2. The summed E-state index contributed by atoms with van der Waals surface area (Å²) in [4.78, 5) is 14.1. The fourth-order valence-corrected chi connectivity index (χ4v) is 3.25. The molecule has 4 N–H and O–H groups in total. The smallest absolute Gasteiger partial charge is 0.223 e. The van der Waals surface area contributed by atoms with Crippen molar-refractivity contribution >= 4 is 22.7 Å². The maximum Gasteiger partial charge on any atom is 0.223 e. The van der Waals surface area contributed by atoms with Crippen LogP contribution in [0.5, 0.6) is 0 Å². The Hall–Kier alpha value is -1.95. The number of pyridine rings is 1. The lowest BCUT2D eigenvalue weighted by molar-refractivity contribution is 0.410. The van der Waals surface area contributed by atoms with E-state index in [1.54, 1.807) is 0 Å². The largest absolute Gasteiger partial charge is 0.366 e. The molecule has 0 radical (unpaired) electrons. The molecule has 0 aromatic carbocycles. The molecule has 0 saturated heterocycles. The number of nitrogens with zero attached hydrogens (tertiary/aromatic N) is 3. The number of hydrogen-bond donors (Lipinski definition) is 3. The molecule has 0 amide bonds. The van der Waals surface area contributed by atoms with Gasteiger partial charge in [0.15, 0.2) is 5.82 Å². The quantitative estimate of drug-likeness (QED) is 0.768. The van der Waals surface area contributed by atoms with Gasteiger partial charge >= 0.3 is 0 Å². The summed E-state index contributed by atoms with van der Waals surface area (Å²) in [6.45, 7) is 8.53. The van der Waals surface area contributed by atoms with Crippen LogP contribution in [-0.4, -0.2) is 33.1 Å². The van der Waals surface area contributed by atoms with E-state index < -0.39 is 0 Å². The lowest BCUT2D eigenvalue weighted by atomic mass is 9.92. The SMILES string of the molecule is CC(C)Nc1nc(C(C)C)cc2cnc(NC3CCC(N)CC3)nc12. The molecule has 136 valence electrons. The van der Waals surface area contributed by atoms with Gasteiger partial charge in [0.25, 0.3) is 0 Å². The molecule has 2 aromatic rings. The summed E-state index contributed by atoms with van der Waals surface area (Å²) in [5.41, 5.74) is 7.93. The Balaban J connectivity index is 1.90. The molecule has 0 unspecified atom stereocenters. The maximum atomic E-state index is 5.99. The van der Waals surface area contributed by atoms with E-state index in [1.807, 2.05) is 6.20 Å². The molecule has 0 spiro atoms. The summed E-state index contributed by atoms with van der Waals surface area (Å²) in [6, 6.07) is 3.14. The Morgan fingerprint density at radius 3 is 2.44 bits per heavy atom. The Morgan fingerprint density at radius 2 is 1.80 bits per heavy atom. The third-order valence-corrected chi connectivity index (χ3v) is 4.71. The maximum absolute atomic E-state index is 5.99. The molecule has 3 rings (SSSR count). The summed E-state index contributed by atoms with van der Waals surface area (Å²) < 4.78 is 0. The first-order valence-corrected chi connectivity index (χ1v) is 9.38. The zero-order chi connectivity index (χ0) is 18.0. The van der Waals surface area contributed by atoms with Gasteiger partial charge in [0.05, 0.1) is 0 Å². The minimum absolute atomic E-state index is 0.296. The van der Waals surface area contributed by atoms with Gasteiger partial charge in [0, 0.05) is 35.4 Å². The van der Waals surface area contributed by atoms with Gasteiger partial charge in [-0.1, -0.05) is 13.8 Å². The number of aromatic nitrogens is 3. The topological polar surface area (TPSA) is 88.8 Å². The second kappa shape index (κ2) is 7.52. The molecule has 1 aliphatic carbocycles. The van der Waals surface area contributed by atoms with E-state index in [-0.39, 0.29) is 0 Å². The van der Waals surface area contributed by atoms with E-state index in [0.29, 0.717) is 30.0 Å². The van der Waals surface area contributed by atoms with Crippen molar-refractivity contribution in [3.05, 3.63) is 18.0 Å². The van der Waals surface area contributed by atoms with Crippen molar-refractivity contribution in [2.45, 2.75) is 77.4 Å². The first kappa shape index (κ1) is 17.9. The third kappa shape index (κ3) is 4.37. The normalized spacial score (nSPS) is 21.1. The highest BCUT2D eigenvalue weighted by Gasteiger charge is 2.19. The zero-order valence-electron chi connectivity index (χ0n) is 15.7. The summed E-state index contributed by atoms with van der Waals surface area (Å²) in [5.74, 6) is 1.88. The summed E-state index contributed by atoms with van der Waals surface area (Å²) in [6.07, 6.45) is 6.17. The minimum Gasteiger partial charge on any atom is -0.366 e. The Bertz CT molecular complexity index is 719. The van der Waals surface area contributed by atoms with Crippen LogP contribution in [0.2, 0.25) is 0 Å². The fourth-order valence-electron chi connectivity index (χ4n) is 3.25. The van der Waals surface area contributed by atoms with Crippen LogP contribution >= 0.6 is 0 Å². The molecule has 25 heavy (non-hydrogen) atoms. The summed E-state index contributed by atoms with van der Waals surface area (Å²) >= 11 is 0. The van der Waals surface area contributed by atoms with Crippen LogP contribution in [0.1, 0.15) is 65.0 Å². The van der Waals surface area contributed by atoms with Crippen molar-refractivity contribution in [1.29, 1.82) is 0 Å².